The summed E-state index contributed by atoms with van der Waals surface area (Å²) in [6.45, 7) is 0. The second kappa shape index (κ2) is 5.70. The van der Waals surface area contributed by atoms with Crippen molar-refractivity contribution >= 4 is 11.6 Å². The number of benzene rings is 2. The molecular formula is C16H9ClN4. The first-order valence-electron chi connectivity index (χ1n) is 6.24. The average Bonchev–Trinajstić information content (AvgIpc) is 2.55. The number of aromatic nitrogens is 3. The van der Waals surface area contributed by atoms with Gasteiger partial charge < -0.3 is 0 Å². The van der Waals surface area contributed by atoms with Crippen LogP contribution in [0.5, 0.6) is 0 Å². The normalized spacial score (nSPS) is 10.1. The summed E-state index contributed by atoms with van der Waals surface area (Å²) in [6.07, 6.45) is 0. The monoisotopic (exact) mass is 292 g/mol. The molecule has 2 aromatic carbocycles. The van der Waals surface area contributed by atoms with E-state index in [1.54, 1.807) is 24.3 Å². The van der Waals surface area contributed by atoms with Gasteiger partial charge in [-0.25, -0.2) is 4.98 Å². The van der Waals surface area contributed by atoms with Crippen LogP contribution in [0.3, 0.4) is 0 Å². The third kappa shape index (κ3) is 2.88. The Morgan fingerprint density at radius 3 is 1.90 bits per heavy atom. The van der Waals surface area contributed by atoms with Gasteiger partial charge in [-0.05, 0) is 35.9 Å². The lowest BCUT2D eigenvalue weighted by atomic mass is 10.1. The van der Waals surface area contributed by atoms with Gasteiger partial charge in [-0.15, -0.1) is 0 Å². The summed E-state index contributed by atoms with van der Waals surface area (Å²) in [5.74, 6) is 1.01. The molecule has 0 atom stereocenters. The molecule has 21 heavy (non-hydrogen) atoms. The largest absolute Gasteiger partial charge is 0.226 e. The van der Waals surface area contributed by atoms with Gasteiger partial charge in [0, 0.05) is 11.1 Å². The van der Waals surface area contributed by atoms with Crippen molar-refractivity contribution in [2.24, 2.45) is 0 Å². The van der Waals surface area contributed by atoms with E-state index >= 15 is 0 Å². The SMILES string of the molecule is N#Cc1ccc(-c2nc(Cl)nc(-c3ccccc3)n2)cc1. The maximum Gasteiger partial charge on any atom is 0.226 e. The Hall–Kier alpha value is -2.77. The summed E-state index contributed by atoms with van der Waals surface area (Å²) in [5.41, 5.74) is 2.24. The van der Waals surface area contributed by atoms with Crippen LogP contribution in [-0.4, -0.2) is 15.0 Å². The summed E-state index contributed by atoms with van der Waals surface area (Å²) in [6, 6.07) is 18.7. The Kier molecular flexibility index (Phi) is 3.59. The van der Waals surface area contributed by atoms with Gasteiger partial charge >= 0.3 is 0 Å². The van der Waals surface area contributed by atoms with Crippen molar-refractivity contribution in [3.05, 3.63) is 65.4 Å². The molecule has 0 saturated carbocycles. The van der Waals surface area contributed by atoms with E-state index in [0.29, 0.717) is 17.2 Å². The van der Waals surface area contributed by atoms with Crippen LogP contribution in [0.25, 0.3) is 22.8 Å². The standard InChI is InChI=1S/C16H9ClN4/c17-16-20-14(12-4-2-1-3-5-12)19-15(21-16)13-8-6-11(10-18)7-9-13/h1-9H. The third-order valence-electron chi connectivity index (χ3n) is 2.91. The van der Waals surface area contributed by atoms with Crippen LogP contribution >= 0.6 is 11.6 Å². The second-order valence-corrected chi connectivity index (χ2v) is 4.64. The van der Waals surface area contributed by atoms with Crippen LogP contribution < -0.4 is 0 Å². The molecule has 0 aliphatic heterocycles. The molecule has 0 bridgehead atoms. The van der Waals surface area contributed by atoms with Gasteiger partial charge in [0.25, 0.3) is 0 Å². The molecule has 3 rings (SSSR count). The highest BCUT2D eigenvalue weighted by atomic mass is 35.5. The third-order valence-corrected chi connectivity index (χ3v) is 3.08. The highest BCUT2D eigenvalue weighted by Gasteiger charge is 2.09. The van der Waals surface area contributed by atoms with E-state index in [4.69, 9.17) is 16.9 Å². The molecule has 4 nitrogen and oxygen atoms in total. The van der Waals surface area contributed by atoms with Crippen LogP contribution in [0, 0.1) is 11.3 Å². The lowest BCUT2D eigenvalue weighted by Crippen LogP contribution is -1.97. The molecule has 0 fully saturated rings. The Labute approximate surface area is 126 Å². The zero-order valence-corrected chi connectivity index (χ0v) is 11.6. The van der Waals surface area contributed by atoms with E-state index in [0.717, 1.165) is 11.1 Å². The Morgan fingerprint density at radius 2 is 1.33 bits per heavy atom. The quantitative estimate of drug-likeness (QED) is 0.722. The first kappa shape index (κ1) is 13.2. The maximum atomic E-state index is 8.82. The molecule has 0 amide bonds. The number of halogens is 1. The fourth-order valence-electron chi connectivity index (χ4n) is 1.89. The predicted octanol–water partition coefficient (Wildman–Crippen LogP) is 3.73. The lowest BCUT2D eigenvalue weighted by Gasteiger charge is -2.04. The number of rotatable bonds is 2. The summed E-state index contributed by atoms with van der Waals surface area (Å²) in [7, 11) is 0. The molecule has 0 unspecified atom stereocenters. The molecule has 5 heteroatoms. The summed E-state index contributed by atoms with van der Waals surface area (Å²) < 4.78 is 0. The van der Waals surface area contributed by atoms with E-state index in [9.17, 15) is 0 Å². The molecule has 0 saturated heterocycles. The molecule has 0 N–H and O–H groups in total. The van der Waals surface area contributed by atoms with Crippen molar-refractivity contribution in [2.75, 3.05) is 0 Å². The van der Waals surface area contributed by atoms with Crippen molar-refractivity contribution < 1.29 is 0 Å². The zero-order chi connectivity index (χ0) is 14.7. The van der Waals surface area contributed by atoms with Gasteiger partial charge in [0.2, 0.25) is 5.28 Å². The minimum Gasteiger partial charge on any atom is -0.208 e. The smallest absolute Gasteiger partial charge is 0.208 e. The number of nitriles is 1. The molecule has 1 heterocycles. The van der Waals surface area contributed by atoms with Gasteiger partial charge in [-0.2, -0.15) is 15.2 Å². The van der Waals surface area contributed by atoms with E-state index in [-0.39, 0.29) is 5.28 Å². The van der Waals surface area contributed by atoms with Gasteiger partial charge in [-0.3, -0.25) is 0 Å². The number of hydrogen-bond donors (Lipinski definition) is 0. The highest BCUT2D eigenvalue weighted by molar-refractivity contribution is 6.28. The van der Waals surface area contributed by atoms with Crippen LogP contribution in [0.15, 0.2) is 54.6 Å². The molecule has 1 aromatic heterocycles. The molecule has 0 spiro atoms. The summed E-state index contributed by atoms with van der Waals surface area (Å²) in [5, 5.41) is 8.97. The fraction of sp³-hybridized carbons (Fsp3) is 0. The number of hydrogen-bond acceptors (Lipinski definition) is 4. The second-order valence-electron chi connectivity index (χ2n) is 4.31. The lowest BCUT2D eigenvalue weighted by molar-refractivity contribution is 1.07. The first-order valence-corrected chi connectivity index (χ1v) is 6.61. The van der Waals surface area contributed by atoms with Crippen LogP contribution in [0.4, 0.5) is 0 Å². The molecule has 3 aromatic rings. The van der Waals surface area contributed by atoms with E-state index < -0.39 is 0 Å². The first-order chi connectivity index (χ1) is 10.3. The van der Waals surface area contributed by atoms with Crippen molar-refractivity contribution in [2.45, 2.75) is 0 Å². The maximum absolute atomic E-state index is 8.82. The fourth-order valence-corrected chi connectivity index (χ4v) is 2.05. The molecule has 0 aliphatic rings. The molecule has 0 radical (unpaired) electrons. The van der Waals surface area contributed by atoms with Gasteiger partial charge in [0.05, 0.1) is 11.6 Å². The highest BCUT2D eigenvalue weighted by Crippen LogP contribution is 2.21. The van der Waals surface area contributed by atoms with Gasteiger partial charge in [0.15, 0.2) is 11.6 Å². The van der Waals surface area contributed by atoms with E-state index in [1.807, 2.05) is 30.3 Å². The summed E-state index contributed by atoms with van der Waals surface area (Å²) in [4.78, 5) is 12.7. The molecule has 0 aliphatic carbocycles. The molecule has 100 valence electrons. The topological polar surface area (TPSA) is 62.5 Å². The van der Waals surface area contributed by atoms with Crippen molar-refractivity contribution in [1.29, 1.82) is 5.26 Å². The van der Waals surface area contributed by atoms with Crippen LogP contribution in [0.1, 0.15) is 5.56 Å². The predicted molar refractivity (Wildman–Crippen MR) is 80.4 cm³/mol. The van der Waals surface area contributed by atoms with Crippen molar-refractivity contribution in [3.63, 3.8) is 0 Å². The van der Waals surface area contributed by atoms with Crippen LogP contribution in [-0.2, 0) is 0 Å². The number of nitrogens with zero attached hydrogens (tertiary/aromatic N) is 4. The van der Waals surface area contributed by atoms with Crippen molar-refractivity contribution in [3.8, 4) is 28.8 Å². The van der Waals surface area contributed by atoms with Crippen LogP contribution in [0.2, 0.25) is 5.28 Å². The Bertz CT molecular complexity index is 808. The van der Waals surface area contributed by atoms with Crippen molar-refractivity contribution in [1.82, 2.24) is 15.0 Å². The Balaban J connectivity index is 2.07. The van der Waals surface area contributed by atoms with Gasteiger partial charge in [0.1, 0.15) is 0 Å². The summed E-state index contributed by atoms with van der Waals surface area (Å²) >= 11 is 5.99. The van der Waals surface area contributed by atoms with Gasteiger partial charge in [-0.1, -0.05) is 30.3 Å². The van der Waals surface area contributed by atoms with E-state index in [1.165, 1.54) is 0 Å². The average molecular weight is 293 g/mol. The minimum atomic E-state index is 0.142. The minimum absolute atomic E-state index is 0.142. The molecular weight excluding hydrogens is 284 g/mol. The van der Waals surface area contributed by atoms with E-state index in [2.05, 4.69) is 21.0 Å². The Morgan fingerprint density at radius 1 is 0.762 bits per heavy atom. The zero-order valence-electron chi connectivity index (χ0n) is 10.9.